The molecule has 3 aromatic rings. The van der Waals surface area contributed by atoms with Gasteiger partial charge < -0.3 is 19.7 Å². The molecule has 4 rings (SSSR count). The maximum absolute atomic E-state index is 12.2. The Morgan fingerprint density at radius 1 is 1.25 bits per heavy atom. The summed E-state index contributed by atoms with van der Waals surface area (Å²) in [6.45, 7) is -0.523. The molecule has 32 heavy (non-hydrogen) atoms. The van der Waals surface area contributed by atoms with Crippen LogP contribution in [0, 0.1) is 10.1 Å². The van der Waals surface area contributed by atoms with Gasteiger partial charge in [-0.15, -0.1) is 5.10 Å². The SMILES string of the molecule is O=c1ccn([C@@H]2O[C@H](CO)[C@@H](O)[C@H]2n2cc(COc3ccc([N+](=O)[O-])cc3)nn2)c(=O)[nH]1. The van der Waals surface area contributed by atoms with Crippen LogP contribution in [0.15, 0.2) is 52.3 Å². The van der Waals surface area contributed by atoms with Gasteiger partial charge in [-0.1, -0.05) is 5.21 Å². The number of ether oxygens (including phenoxy) is 2. The predicted molar refractivity (Wildman–Crippen MR) is 105 cm³/mol. The summed E-state index contributed by atoms with van der Waals surface area (Å²) in [5.41, 5.74) is -1.04. The number of H-pyrrole nitrogens is 1. The Balaban J connectivity index is 1.54. The summed E-state index contributed by atoms with van der Waals surface area (Å²) in [5.74, 6) is 0.382. The van der Waals surface area contributed by atoms with Gasteiger partial charge in [-0.05, 0) is 12.1 Å². The Morgan fingerprint density at radius 3 is 2.66 bits per heavy atom. The van der Waals surface area contributed by atoms with Gasteiger partial charge in [0.25, 0.3) is 11.2 Å². The van der Waals surface area contributed by atoms with Gasteiger partial charge in [0, 0.05) is 24.4 Å². The Kier molecular flexibility index (Phi) is 5.81. The highest BCUT2D eigenvalue weighted by atomic mass is 16.6. The molecule has 3 N–H and O–H groups in total. The lowest BCUT2D eigenvalue weighted by Gasteiger charge is -2.21. The van der Waals surface area contributed by atoms with Gasteiger partial charge in [0.2, 0.25) is 0 Å². The van der Waals surface area contributed by atoms with E-state index in [2.05, 4.69) is 15.3 Å². The molecule has 3 heterocycles. The third kappa shape index (κ3) is 4.14. The van der Waals surface area contributed by atoms with Crippen LogP contribution in [0.3, 0.4) is 0 Å². The van der Waals surface area contributed by atoms with Gasteiger partial charge in [0.05, 0.1) is 17.7 Å². The Bertz CT molecular complexity index is 1220. The van der Waals surface area contributed by atoms with E-state index in [9.17, 15) is 29.9 Å². The predicted octanol–water partition coefficient (Wildman–Crippen LogP) is -0.893. The molecular weight excluding hydrogens is 428 g/mol. The van der Waals surface area contributed by atoms with Crippen molar-refractivity contribution in [2.45, 2.75) is 31.1 Å². The zero-order valence-electron chi connectivity index (χ0n) is 16.3. The molecule has 1 aromatic carbocycles. The highest BCUT2D eigenvalue weighted by Crippen LogP contribution is 2.37. The normalized spacial score (nSPS) is 22.7. The molecule has 2 aromatic heterocycles. The first-order valence-electron chi connectivity index (χ1n) is 9.41. The molecule has 14 heteroatoms. The van der Waals surface area contributed by atoms with Crippen LogP contribution in [-0.2, 0) is 11.3 Å². The van der Waals surface area contributed by atoms with E-state index >= 15 is 0 Å². The summed E-state index contributed by atoms with van der Waals surface area (Å²) in [6, 6.07) is 5.70. The van der Waals surface area contributed by atoms with E-state index in [1.165, 1.54) is 41.3 Å². The molecule has 4 atom stereocenters. The fourth-order valence-electron chi connectivity index (χ4n) is 3.37. The number of nitrogens with zero attached hydrogens (tertiary/aromatic N) is 5. The Morgan fingerprint density at radius 2 is 2.00 bits per heavy atom. The number of hydrogen-bond acceptors (Lipinski definition) is 10. The summed E-state index contributed by atoms with van der Waals surface area (Å²) < 4.78 is 13.6. The lowest BCUT2D eigenvalue weighted by Crippen LogP contribution is -2.36. The van der Waals surface area contributed by atoms with Crippen molar-refractivity contribution in [3.63, 3.8) is 0 Å². The number of rotatable bonds is 7. The topological polar surface area (TPSA) is 188 Å². The highest BCUT2D eigenvalue weighted by Gasteiger charge is 2.46. The molecule has 0 saturated carbocycles. The molecule has 0 amide bonds. The van der Waals surface area contributed by atoms with Crippen molar-refractivity contribution < 1.29 is 24.6 Å². The first kappa shape index (κ1) is 21.4. The number of aromatic nitrogens is 5. The second-order valence-corrected chi connectivity index (χ2v) is 6.98. The van der Waals surface area contributed by atoms with E-state index < -0.39 is 47.3 Å². The molecule has 1 aliphatic heterocycles. The monoisotopic (exact) mass is 446 g/mol. The summed E-state index contributed by atoms with van der Waals surface area (Å²) in [6.07, 6.45) is -0.592. The molecule has 0 bridgehead atoms. The van der Waals surface area contributed by atoms with E-state index in [4.69, 9.17) is 9.47 Å². The molecule has 0 aliphatic carbocycles. The molecular formula is C18H18N6O8. The van der Waals surface area contributed by atoms with Crippen molar-refractivity contribution >= 4 is 5.69 Å². The van der Waals surface area contributed by atoms with Gasteiger partial charge >= 0.3 is 5.69 Å². The molecule has 168 valence electrons. The molecule has 1 saturated heterocycles. The number of aromatic amines is 1. The zero-order chi connectivity index (χ0) is 22.8. The van der Waals surface area contributed by atoms with Crippen LogP contribution in [0.25, 0.3) is 0 Å². The molecule has 14 nitrogen and oxygen atoms in total. The Labute approximate surface area is 178 Å². The first-order chi connectivity index (χ1) is 15.4. The molecule has 0 radical (unpaired) electrons. The third-order valence-electron chi connectivity index (χ3n) is 4.94. The van der Waals surface area contributed by atoms with Crippen molar-refractivity contribution in [1.82, 2.24) is 24.5 Å². The zero-order valence-corrected chi connectivity index (χ0v) is 16.3. The van der Waals surface area contributed by atoms with Crippen molar-refractivity contribution in [3.05, 3.63) is 79.4 Å². The van der Waals surface area contributed by atoms with Crippen molar-refractivity contribution in [2.24, 2.45) is 0 Å². The van der Waals surface area contributed by atoms with Gasteiger partial charge in [-0.2, -0.15) is 0 Å². The maximum Gasteiger partial charge on any atom is 0.330 e. The van der Waals surface area contributed by atoms with E-state index in [0.29, 0.717) is 11.4 Å². The molecule has 1 aliphatic rings. The number of benzene rings is 1. The van der Waals surface area contributed by atoms with Crippen LogP contribution >= 0.6 is 0 Å². The fourth-order valence-corrected chi connectivity index (χ4v) is 3.37. The maximum atomic E-state index is 12.2. The molecule has 1 fully saturated rings. The van der Waals surface area contributed by atoms with Crippen LogP contribution in [0.1, 0.15) is 18.0 Å². The van der Waals surface area contributed by atoms with Crippen molar-refractivity contribution in [2.75, 3.05) is 6.61 Å². The minimum Gasteiger partial charge on any atom is -0.487 e. The average Bonchev–Trinajstić information content (AvgIpc) is 3.36. The number of aliphatic hydroxyl groups excluding tert-OH is 2. The fraction of sp³-hybridized carbons (Fsp3) is 0.333. The largest absolute Gasteiger partial charge is 0.487 e. The van der Waals surface area contributed by atoms with E-state index in [1.807, 2.05) is 0 Å². The summed E-state index contributed by atoms with van der Waals surface area (Å²) in [5, 5.41) is 38.8. The van der Waals surface area contributed by atoms with Gasteiger partial charge in [-0.3, -0.25) is 24.5 Å². The lowest BCUT2D eigenvalue weighted by molar-refractivity contribution is -0.384. The number of hydrogen-bond donors (Lipinski definition) is 3. The first-order valence-corrected chi connectivity index (χ1v) is 9.41. The molecule has 0 unspecified atom stereocenters. The van der Waals surface area contributed by atoms with Crippen LogP contribution in [0.2, 0.25) is 0 Å². The summed E-state index contributed by atoms with van der Waals surface area (Å²) >= 11 is 0. The summed E-state index contributed by atoms with van der Waals surface area (Å²) in [4.78, 5) is 35.9. The number of nitro benzene ring substituents is 1. The Hall–Kier alpha value is -3.88. The van der Waals surface area contributed by atoms with Crippen LogP contribution in [0.5, 0.6) is 5.75 Å². The minimum absolute atomic E-state index is 0.0197. The average molecular weight is 446 g/mol. The number of aliphatic hydroxyl groups is 2. The van der Waals surface area contributed by atoms with E-state index in [-0.39, 0.29) is 12.3 Å². The lowest BCUT2D eigenvalue weighted by atomic mass is 10.1. The minimum atomic E-state index is -1.23. The number of non-ortho nitro benzene ring substituents is 1. The number of nitro groups is 1. The quantitative estimate of drug-likeness (QED) is 0.303. The van der Waals surface area contributed by atoms with E-state index in [0.717, 1.165) is 10.6 Å². The van der Waals surface area contributed by atoms with Gasteiger partial charge in [-0.25, -0.2) is 9.48 Å². The third-order valence-corrected chi connectivity index (χ3v) is 4.94. The van der Waals surface area contributed by atoms with Gasteiger partial charge in [0.15, 0.2) is 6.23 Å². The van der Waals surface area contributed by atoms with Crippen LogP contribution < -0.4 is 16.0 Å². The van der Waals surface area contributed by atoms with Crippen LogP contribution in [0.4, 0.5) is 5.69 Å². The standard InChI is InChI=1S/C18H18N6O8/c25-8-13-16(27)15(17(32-13)22-6-5-14(26)19-18(22)28)23-7-10(20-21-23)9-31-12-3-1-11(2-4-12)24(29)30/h1-7,13,15-17,25,27H,8-9H2,(H,19,26,28)/t13-,15-,16-,17-/m1/s1. The van der Waals surface area contributed by atoms with Crippen LogP contribution in [-0.4, -0.2) is 58.5 Å². The van der Waals surface area contributed by atoms with Crippen molar-refractivity contribution in [1.29, 1.82) is 0 Å². The van der Waals surface area contributed by atoms with Crippen molar-refractivity contribution in [3.8, 4) is 5.75 Å². The van der Waals surface area contributed by atoms with Gasteiger partial charge in [0.1, 0.15) is 36.3 Å². The summed E-state index contributed by atoms with van der Waals surface area (Å²) in [7, 11) is 0. The smallest absolute Gasteiger partial charge is 0.330 e. The van der Waals surface area contributed by atoms with E-state index in [1.54, 1.807) is 0 Å². The molecule has 0 spiro atoms. The second-order valence-electron chi connectivity index (χ2n) is 6.98. The highest BCUT2D eigenvalue weighted by molar-refractivity contribution is 5.36. The number of nitrogens with one attached hydrogen (secondary N) is 1. The second kappa shape index (κ2) is 8.70.